The lowest BCUT2D eigenvalue weighted by Crippen LogP contribution is -2.23. The summed E-state index contributed by atoms with van der Waals surface area (Å²) in [5.74, 6) is -0.541. The van der Waals surface area contributed by atoms with Gasteiger partial charge in [-0.3, -0.25) is 19.7 Å². The summed E-state index contributed by atoms with van der Waals surface area (Å²) in [7, 11) is 3.04. The van der Waals surface area contributed by atoms with E-state index in [-0.39, 0.29) is 18.6 Å². The lowest BCUT2D eigenvalue weighted by Gasteiger charge is -2.11. The van der Waals surface area contributed by atoms with Crippen LogP contribution in [0.3, 0.4) is 0 Å². The van der Waals surface area contributed by atoms with E-state index in [9.17, 15) is 14.4 Å². The van der Waals surface area contributed by atoms with Crippen LogP contribution in [-0.4, -0.2) is 32.0 Å². The largest absolute Gasteiger partial charge is 0.497 e. The highest BCUT2D eigenvalue weighted by Gasteiger charge is 2.23. The molecular weight excluding hydrogens is 290 g/mol. The first-order valence-electron chi connectivity index (χ1n) is 6.46. The van der Waals surface area contributed by atoms with Gasteiger partial charge in [-0.05, 0) is 12.1 Å². The molecule has 1 aromatic rings. The van der Waals surface area contributed by atoms with E-state index in [0.717, 1.165) is 6.08 Å². The molecule has 0 aromatic heterocycles. The van der Waals surface area contributed by atoms with E-state index in [1.54, 1.807) is 18.2 Å². The van der Waals surface area contributed by atoms with E-state index >= 15 is 0 Å². The average molecular weight is 305 g/mol. The van der Waals surface area contributed by atoms with Gasteiger partial charge in [0.15, 0.2) is 0 Å². The predicted molar refractivity (Wildman–Crippen MR) is 75.2 cm³/mol. The fourth-order valence-electron chi connectivity index (χ4n) is 1.92. The Hall–Kier alpha value is -2.83. The Morgan fingerprint density at radius 1 is 1.18 bits per heavy atom. The molecule has 2 amide bonds. The zero-order chi connectivity index (χ0) is 16.1. The van der Waals surface area contributed by atoms with Crippen LogP contribution in [-0.2, 0) is 25.7 Å². The molecule has 7 heteroatoms. The number of methoxy groups -OCH3 is 2. The summed E-state index contributed by atoms with van der Waals surface area (Å²) in [6.45, 7) is -0.00511. The van der Waals surface area contributed by atoms with Crippen LogP contribution >= 0.6 is 0 Å². The average Bonchev–Trinajstić information content (AvgIpc) is 2.82. The highest BCUT2D eigenvalue weighted by atomic mass is 16.5. The third-order valence-electron chi connectivity index (χ3n) is 3.05. The lowest BCUT2D eigenvalue weighted by atomic mass is 10.2. The summed E-state index contributed by atoms with van der Waals surface area (Å²) in [6.07, 6.45) is 0.841. The lowest BCUT2D eigenvalue weighted by molar-refractivity contribution is -0.144. The molecule has 22 heavy (non-hydrogen) atoms. The van der Waals surface area contributed by atoms with Crippen molar-refractivity contribution in [2.45, 2.75) is 13.0 Å². The number of amides is 2. The Morgan fingerprint density at radius 3 is 2.55 bits per heavy atom. The summed E-state index contributed by atoms with van der Waals surface area (Å²) in [5, 5.41) is 2.06. The minimum Gasteiger partial charge on any atom is -0.497 e. The number of ether oxygens (including phenoxy) is 3. The molecule has 1 aromatic carbocycles. The number of carbonyl (C=O) groups is 3. The summed E-state index contributed by atoms with van der Waals surface area (Å²) in [4.78, 5) is 34.0. The van der Waals surface area contributed by atoms with E-state index in [0.29, 0.717) is 17.1 Å². The Kier molecular flexibility index (Phi) is 4.77. The molecule has 0 atom stereocenters. The second kappa shape index (κ2) is 6.75. The standard InChI is InChI=1S/C15H15NO6/c1-20-11-4-3-9(12(7-11)21-2)8-22-14(18)6-10-5-13(17)16-15(10)19/h3-5,7H,6,8H2,1-2H3,(H,16,17,19). The maximum atomic E-state index is 11.7. The molecule has 1 heterocycles. The summed E-state index contributed by atoms with van der Waals surface area (Å²) in [5.41, 5.74) is 0.759. The van der Waals surface area contributed by atoms with Gasteiger partial charge < -0.3 is 14.2 Å². The van der Waals surface area contributed by atoms with Gasteiger partial charge in [0.25, 0.3) is 11.8 Å². The first-order chi connectivity index (χ1) is 10.5. The van der Waals surface area contributed by atoms with E-state index in [2.05, 4.69) is 5.32 Å². The van der Waals surface area contributed by atoms with E-state index in [1.165, 1.54) is 14.2 Å². The van der Waals surface area contributed by atoms with Crippen LogP contribution in [0.15, 0.2) is 29.8 Å². The van der Waals surface area contributed by atoms with Crippen LogP contribution in [0.4, 0.5) is 0 Å². The Bertz CT molecular complexity index is 649. The number of hydrogen-bond donors (Lipinski definition) is 1. The van der Waals surface area contributed by atoms with Crippen molar-refractivity contribution < 1.29 is 28.6 Å². The van der Waals surface area contributed by atoms with E-state index in [4.69, 9.17) is 14.2 Å². The maximum absolute atomic E-state index is 11.7. The number of rotatable bonds is 6. The fraction of sp³-hybridized carbons (Fsp3) is 0.267. The van der Waals surface area contributed by atoms with Gasteiger partial charge in [0.05, 0.1) is 20.6 Å². The SMILES string of the molecule is COc1ccc(COC(=O)CC2=CC(=O)NC2=O)c(OC)c1. The first kappa shape index (κ1) is 15.6. The molecule has 1 N–H and O–H groups in total. The van der Waals surface area contributed by atoms with Gasteiger partial charge in [0.2, 0.25) is 0 Å². The van der Waals surface area contributed by atoms with Gasteiger partial charge in [-0.2, -0.15) is 0 Å². The summed E-state index contributed by atoms with van der Waals surface area (Å²) >= 11 is 0. The van der Waals surface area contributed by atoms with Crippen molar-refractivity contribution in [3.05, 3.63) is 35.4 Å². The molecular formula is C15H15NO6. The third kappa shape index (κ3) is 3.63. The Labute approximate surface area is 126 Å². The van der Waals surface area contributed by atoms with Crippen molar-refractivity contribution in [3.63, 3.8) is 0 Å². The maximum Gasteiger partial charge on any atom is 0.310 e. The molecule has 0 bridgehead atoms. The molecule has 0 spiro atoms. The first-order valence-corrected chi connectivity index (χ1v) is 6.46. The van der Waals surface area contributed by atoms with E-state index in [1.807, 2.05) is 0 Å². The quantitative estimate of drug-likeness (QED) is 0.615. The number of benzene rings is 1. The Balaban J connectivity index is 1.95. The molecule has 0 saturated heterocycles. The van der Waals surface area contributed by atoms with Crippen LogP contribution in [0.5, 0.6) is 11.5 Å². The van der Waals surface area contributed by atoms with Crippen LogP contribution < -0.4 is 14.8 Å². The molecule has 1 aliphatic rings. The summed E-state index contributed by atoms with van der Waals surface area (Å²) < 4.78 is 15.4. The molecule has 2 rings (SSSR count). The highest BCUT2D eigenvalue weighted by Crippen LogP contribution is 2.25. The van der Waals surface area contributed by atoms with Crippen LogP contribution in [0.2, 0.25) is 0 Å². The summed E-state index contributed by atoms with van der Waals surface area (Å²) in [6, 6.07) is 5.11. The van der Waals surface area contributed by atoms with Gasteiger partial charge in [0, 0.05) is 23.3 Å². The topological polar surface area (TPSA) is 90.9 Å². The van der Waals surface area contributed by atoms with Crippen LogP contribution in [0.1, 0.15) is 12.0 Å². The zero-order valence-corrected chi connectivity index (χ0v) is 12.2. The predicted octanol–water partition coefficient (Wildman–Crippen LogP) is 0.720. The van der Waals surface area contributed by atoms with Crippen LogP contribution in [0, 0.1) is 0 Å². The molecule has 0 saturated carbocycles. The molecule has 0 fully saturated rings. The van der Waals surface area contributed by atoms with Crippen molar-refractivity contribution in [3.8, 4) is 11.5 Å². The third-order valence-corrected chi connectivity index (χ3v) is 3.05. The van der Waals surface area contributed by atoms with Gasteiger partial charge in [-0.25, -0.2) is 0 Å². The number of carbonyl (C=O) groups excluding carboxylic acids is 3. The van der Waals surface area contributed by atoms with Crippen molar-refractivity contribution in [2.75, 3.05) is 14.2 Å². The molecule has 0 unspecified atom stereocenters. The van der Waals surface area contributed by atoms with Gasteiger partial charge in [-0.1, -0.05) is 0 Å². The minimum absolute atomic E-state index is 0.00511. The van der Waals surface area contributed by atoms with Crippen molar-refractivity contribution in [1.82, 2.24) is 5.32 Å². The van der Waals surface area contributed by atoms with Crippen molar-refractivity contribution in [1.29, 1.82) is 0 Å². The van der Waals surface area contributed by atoms with Crippen LogP contribution in [0.25, 0.3) is 0 Å². The number of imide groups is 1. The number of nitrogens with one attached hydrogen (secondary N) is 1. The van der Waals surface area contributed by atoms with Gasteiger partial charge in [0.1, 0.15) is 18.1 Å². The van der Waals surface area contributed by atoms with Crippen molar-refractivity contribution in [2.24, 2.45) is 0 Å². The molecule has 7 nitrogen and oxygen atoms in total. The molecule has 1 aliphatic heterocycles. The van der Waals surface area contributed by atoms with Gasteiger partial charge >= 0.3 is 5.97 Å². The molecule has 0 radical (unpaired) electrons. The minimum atomic E-state index is -0.603. The van der Waals surface area contributed by atoms with Gasteiger partial charge in [-0.15, -0.1) is 0 Å². The molecule has 116 valence electrons. The second-order valence-electron chi connectivity index (χ2n) is 4.50. The fourth-order valence-corrected chi connectivity index (χ4v) is 1.92. The number of esters is 1. The second-order valence-corrected chi connectivity index (χ2v) is 4.50. The smallest absolute Gasteiger partial charge is 0.310 e. The normalized spacial score (nSPS) is 13.5. The van der Waals surface area contributed by atoms with Crippen molar-refractivity contribution >= 4 is 17.8 Å². The molecule has 0 aliphatic carbocycles. The Morgan fingerprint density at radius 2 is 1.95 bits per heavy atom. The zero-order valence-electron chi connectivity index (χ0n) is 12.2. The number of hydrogen-bond acceptors (Lipinski definition) is 6. The monoisotopic (exact) mass is 305 g/mol. The highest BCUT2D eigenvalue weighted by molar-refractivity contribution is 6.17. The van der Waals surface area contributed by atoms with E-state index < -0.39 is 17.8 Å².